The van der Waals surface area contributed by atoms with E-state index in [1.54, 1.807) is 4.68 Å². The molecule has 3 rings (SSSR count). The standard InChI is InChI=1S/C20H22N4O2/c25-20(26)23(16-17-8-3-1-4-9-17)14-7-13-21-19-12-15-24(22-19)18-10-5-2-6-11-18/h1-6,8-12,15H,7,13-14,16H2,(H,21,22)(H,25,26). The van der Waals surface area contributed by atoms with Crippen molar-refractivity contribution in [1.29, 1.82) is 0 Å². The van der Waals surface area contributed by atoms with Crippen molar-refractivity contribution >= 4 is 11.9 Å². The van der Waals surface area contributed by atoms with E-state index in [0.717, 1.165) is 17.1 Å². The topological polar surface area (TPSA) is 70.4 Å². The van der Waals surface area contributed by atoms with Gasteiger partial charge in [0.25, 0.3) is 0 Å². The van der Waals surface area contributed by atoms with E-state index in [1.165, 1.54) is 4.90 Å². The number of anilines is 1. The molecule has 3 aromatic rings. The second-order valence-corrected chi connectivity index (χ2v) is 5.95. The van der Waals surface area contributed by atoms with Crippen LogP contribution >= 0.6 is 0 Å². The van der Waals surface area contributed by atoms with E-state index in [9.17, 15) is 9.90 Å². The van der Waals surface area contributed by atoms with Gasteiger partial charge in [-0.05, 0) is 24.1 Å². The van der Waals surface area contributed by atoms with Crippen molar-refractivity contribution in [1.82, 2.24) is 14.7 Å². The highest BCUT2D eigenvalue weighted by Gasteiger charge is 2.11. The van der Waals surface area contributed by atoms with Gasteiger partial charge in [-0.1, -0.05) is 48.5 Å². The van der Waals surface area contributed by atoms with Crippen molar-refractivity contribution in [2.45, 2.75) is 13.0 Å². The third-order valence-corrected chi connectivity index (χ3v) is 4.01. The summed E-state index contributed by atoms with van der Waals surface area (Å²) >= 11 is 0. The van der Waals surface area contributed by atoms with Crippen molar-refractivity contribution in [3.05, 3.63) is 78.5 Å². The predicted octanol–water partition coefficient (Wildman–Crippen LogP) is 3.85. The largest absolute Gasteiger partial charge is 0.465 e. The summed E-state index contributed by atoms with van der Waals surface area (Å²) in [6, 6.07) is 21.4. The lowest BCUT2D eigenvalue weighted by Crippen LogP contribution is -2.30. The first-order valence-electron chi connectivity index (χ1n) is 8.59. The first-order chi connectivity index (χ1) is 12.7. The van der Waals surface area contributed by atoms with E-state index < -0.39 is 6.09 Å². The zero-order valence-electron chi connectivity index (χ0n) is 14.5. The monoisotopic (exact) mass is 350 g/mol. The van der Waals surface area contributed by atoms with Gasteiger partial charge < -0.3 is 15.3 Å². The third-order valence-electron chi connectivity index (χ3n) is 4.01. The summed E-state index contributed by atoms with van der Waals surface area (Å²) in [5, 5.41) is 17.1. The molecule has 6 heteroatoms. The minimum absolute atomic E-state index is 0.402. The van der Waals surface area contributed by atoms with E-state index in [0.29, 0.717) is 26.1 Å². The molecule has 1 amide bonds. The SMILES string of the molecule is O=C(O)N(CCCNc1ccn(-c2ccccc2)n1)Cc1ccccc1. The number of nitrogens with one attached hydrogen (secondary N) is 1. The quantitative estimate of drug-likeness (QED) is 0.605. The highest BCUT2D eigenvalue weighted by Crippen LogP contribution is 2.10. The highest BCUT2D eigenvalue weighted by atomic mass is 16.4. The molecule has 0 saturated heterocycles. The molecule has 0 fully saturated rings. The zero-order valence-corrected chi connectivity index (χ0v) is 14.5. The van der Waals surface area contributed by atoms with Crippen molar-refractivity contribution in [3.8, 4) is 5.69 Å². The van der Waals surface area contributed by atoms with Gasteiger partial charge in [-0.25, -0.2) is 9.48 Å². The molecule has 26 heavy (non-hydrogen) atoms. The fourth-order valence-corrected chi connectivity index (χ4v) is 2.68. The van der Waals surface area contributed by atoms with Gasteiger partial charge in [0.1, 0.15) is 5.82 Å². The molecule has 0 aliphatic rings. The van der Waals surface area contributed by atoms with E-state index in [1.807, 2.05) is 72.9 Å². The highest BCUT2D eigenvalue weighted by molar-refractivity contribution is 5.65. The van der Waals surface area contributed by atoms with Crippen LogP contribution in [0.4, 0.5) is 10.6 Å². The first-order valence-corrected chi connectivity index (χ1v) is 8.59. The van der Waals surface area contributed by atoms with Gasteiger partial charge in [0, 0.05) is 31.9 Å². The fraction of sp³-hybridized carbons (Fsp3) is 0.200. The van der Waals surface area contributed by atoms with Crippen LogP contribution in [0.2, 0.25) is 0 Å². The van der Waals surface area contributed by atoms with E-state index in [-0.39, 0.29) is 0 Å². The molecular formula is C20H22N4O2. The fourth-order valence-electron chi connectivity index (χ4n) is 2.68. The van der Waals surface area contributed by atoms with Crippen LogP contribution in [0, 0.1) is 0 Å². The van der Waals surface area contributed by atoms with Gasteiger partial charge in [-0.3, -0.25) is 0 Å². The Morgan fingerprint density at radius 1 is 1.04 bits per heavy atom. The van der Waals surface area contributed by atoms with Crippen molar-refractivity contribution in [3.63, 3.8) is 0 Å². The van der Waals surface area contributed by atoms with Crippen LogP contribution < -0.4 is 5.32 Å². The van der Waals surface area contributed by atoms with Gasteiger partial charge in [-0.2, -0.15) is 5.10 Å². The molecule has 134 valence electrons. The zero-order chi connectivity index (χ0) is 18.2. The molecule has 0 radical (unpaired) electrons. The number of amides is 1. The summed E-state index contributed by atoms with van der Waals surface area (Å²) in [6.07, 6.45) is 1.70. The van der Waals surface area contributed by atoms with Crippen LogP contribution in [0.15, 0.2) is 72.9 Å². The lowest BCUT2D eigenvalue weighted by molar-refractivity contribution is 0.142. The second kappa shape index (κ2) is 8.71. The number of hydrogen-bond donors (Lipinski definition) is 2. The molecule has 2 aromatic carbocycles. The van der Waals surface area contributed by atoms with Crippen LogP contribution in [0.5, 0.6) is 0 Å². The summed E-state index contributed by atoms with van der Waals surface area (Å²) in [5.41, 5.74) is 1.99. The molecule has 0 bridgehead atoms. The second-order valence-electron chi connectivity index (χ2n) is 5.95. The number of carbonyl (C=O) groups is 1. The van der Waals surface area contributed by atoms with Crippen molar-refractivity contribution in [2.75, 3.05) is 18.4 Å². The maximum absolute atomic E-state index is 11.4. The number of hydrogen-bond acceptors (Lipinski definition) is 3. The van der Waals surface area contributed by atoms with E-state index in [4.69, 9.17) is 0 Å². The summed E-state index contributed by atoms with van der Waals surface area (Å²) in [5.74, 6) is 0.777. The average molecular weight is 350 g/mol. The normalized spacial score (nSPS) is 10.5. The van der Waals surface area contributed by atoms with Gasteiger partial charge in [-0.15, -0.1) is 0 Å². The smallest absolute Gasteiger partial charge is 0.407 e. The van der Waals surface area contributed by atoms with Crippen LogP contribution in [0.3, 0.4) is 0 Å². The first kappa shape index (κ1) is 17.5. The summed E-state index contributed by atoms with van der Waals surface area (Å²) < 4.78 is 1.81. The molecule has 1 heterocycles. The van der Waals surface area contributed by atoms with Gasteiger partial charge in [0.2, 0.25) is 0 Å². The van der Waals surface area contributed by atoms with Crippen molar-refractivity contribution < 1.29 is 9.90 Å². The molecule has 0 saturated carbocycles. The molecule has 0 aliphatic heterocycles. The number of carboxylic acid groups (broad SMARTS) is 1. The Kier molecular flexibility index (Phi) is 5.88. The molecule has 0 aliphatic carbocycles. The molecule has 6 nitrogen and oxygen atoms in total. The number of nitrogens with zero attached hydrogens (tertiary/aromatic N) is 3. The van der Waals surface area contributed by atoms with Gasteiger partial charge >= 0.3 is 6.09 Å². The Morgan fingerprint density at radius 3 is 2.42 bits per heavy atom. The van der Waals surface area contributed by atoms with E-state index in [2.05, 4.69) is 10.4 Å². The molecule has 1 aromatic heterocycles. The minimum atomic E-state index is -0.901. The van der Waals surface area contributed by atoms with Crippen LogP contribution in [-0.4, -0.2) is 39.0 Å². The molecular weight excluding hydrogens is 328 g/mol. The Labute approximate surface area is 152 Å². The number of rotatable bonds is 8. The van der Waals surface area contributed by atoms with Crippen LogP contribution in [0.1, 0.15) is 12.0 Å². The average Bonchev–Trinajstić information content (AvgIpc) is 3.14. The lowest BCUT2D eigenvalue weighted by atomic mass is 10.2. The summed E-state index contributed by atoms with van der Waals surface area (Å²) in [7, 11) is 0. The number of benzene rings is 2. The van der Waals surface area contributed by atoms with Gasteiger partial charge in [0.05, 0.1) is 5.69 Å². The third kappa shape index (κ3) is 4.86. The predicted molar refractivity (Wildman–Crippen MR) is 102 cm³/mol. The van der Waals surface area contributed by atoms with Crippen LogP contribution in [0.25, 0.3) is 5.69 Å². The number of para-hydroxylation sites is 1. The summed E-state index contributed by atoms with van der Waals surface area (Å²) in [4.78, 5) is 12.8. The van der Waals surface area contributed by atoms with Crippen LogP contribution in [-0.2, 0) is 6.54 Å². The molecule has 0 atom stereocenters. The Hall–Kier alpha value is -3.28. The number of aromatic nitrogens is 2. The maximum atomic E-state index is 11.4. The van der Waals surface area contributed by atoms with Gasteiger partial charge in [0.15, 0.2) is 0 Å². The Morgan fingerprint density at radius 2 is 1.73 bits per heavy atom. The lowest BCUT2D eigenvalue weighted by Gasteiger charge is -2.19. The summed E-state index contributed by atoms with van der Waals surface area (Å²) in [6.45, 7) is 1.53. The Balaban J connectivity index is 1.47. The van der Waals surface area contributed by atoms with Crippen molar-refractivity contribution in [2.24, 2.45) is 0 Å². The minimum Gasteiger partial charge on any atom is -0.465 e. The molecule has 0 unspecified atom stereocenters. The molecule has 2 N–H and O–H groups in total. The Bertz CT molecular complexity index is 818. The van der Waals surface area contributed by atoms with E-state index >= 15 is 0 Å². The maximum Gasteiger partial charge on any atom is 0.407 e. The molecule has 0 spiro atoms.